The molecule has 0 atom stereocenters. The Bertz CT molecular complexity index is 783. The lowest BCUT2D eigenvalue weighted by Crippen LogP contribution is -2.39. The summed E-state index contributed by atoms with van der Waals surface area (Å²) in [6.07, 6.45) is 1.68. The van der Waals surface area contributed by atoms with Crippen LogP contribution >= 0.6 is 0 Å². The molecule has 0 radical (unpaired) electrons. The third kappa shape index (κ3) is 4.54. The fourth-order valence-electron chi connectivity index (χ4n) is 2.21. The van der Waals surface area contributed by atoms with Crippen molar-refractivity contribution in [1.29, 1.82) is 0 Å². The zero-order chi connectivity index (χ0) is 18.2. The van der Waals surface area contributed by atoms with Crippen molar-refractivity contribution in [3.05, 3.63) is 24.3 Å². The lowest BCUT2D eigenvalue weighted by Gasteiger charge is -2.28. The second kappa shape index (κ2) is 6.72. The van der Waals surface area contributed by atoms with E-state index >= 15 is 0 Å². The van der Waals surface area contributed by atoms with Gasteiger partial charge >= 0.3 is 0 Å². The molecule has 0 spiro atoms. The minimum absolute atomic E-state index is 0.00281. The van der Waals surface area contributed by atoms with Crippen molar-refractivity contribution < 1.29 is 16.8 Å². The van der Waals surface area contributed by atoms with Crippen molar-refractivity contribution in [2.45, 2.75) is 42.5 Å². The van der Waals surface area contributed by atoms with E-state index in [-0.39, 0.29) is 27.8 Å². The van der Waals surface area contributed by atoms with Crippen LogP contribution in [0.4, 0.5) is 0 Å². The highest BCUT2D eigenvalue weighted by Gasteiger charge is 2.29. The van der Waals surface area contributed by atoms with Gasteiger partial charge in [0.05, 0.1) is 9.79 Å². The van der Waals surface area contributed by atoms with Crippen LogP contribution in [0, 0.1) is 5.41 Å². The van der Waals surface area contributed by atoms with Gasteiger partial charge in [-0.3, -0.25) is 0 Å². The van der Waals surface area contributed by atoms with E-state index in [1.807, 2.05) is 13.8 Å². The molecule has 1 aromatic carbocycles. The molecular weight excluding hydrogens is 350 g/mol. The molecule has 1 aliphatic rings. The third-order valence-corrected chi connectivity index (χ3v) is 7.30. The van der Waals surface area contributed by atoms with Gasteiger partial charge in [-0.05, 0) is 49.1 Å². The van der Waals surface area contributed by atoms with Gasteiger partial charge in [-0.15, -0.1) is 0 Å². The first-order valence-corrected chi connectivity index (χ1v) is 10.7. The summed E-state index contributed by atoms with van der Waals surface area (Å²) in [5.74, 6) is 0. The minimum Gasteiger partial charge on any atom is -0.330 e. The van der Waals surface area contributed by atoms with Gasteiger partial charge in [0, 0.05) is 19.6 Å². The minimum atomic E-state index is -3.69. The van der Waals surface area contributed by atoms with E-state index in [0.717, 1.165) is 12.8 Å². The van der Waals surface area contributed by atoms with E-state index in [2.05, 4.69) is 4.72 Å². The van der Waals surface area contributed by atoms with Crippen LogP contribution in [0.15, 0.2) is 34.1 Å². The molecule has 0 bridgehead atoms. The van der Waals surface area contributed by atoms with Gasteiger partial charge in [0.2, 0.25) is 20.0 Å². The third-order valence-electron chi connectivity index (χ3n) is 3.94. The molecule has 0 heterocycles. The Balaban J connectivity index is 2.19. The molecule has 2 rings (SSSR count). The van der Waals surface area contributed by atoms with Gasteiger partial charge in [0.1, 0.15) is 0 Å². The van der Waals surface area contributed by atoms with Crippen LogP contribution in [0.1, 0.15) is 26.7 Å². The second-order valence-electron chi connectivity index (χ2n) is 7.00. The summed E-state index contributed by atoms with van der Waals surface area (Å²) in [6.45, 7) is 4.41. The van der Waals surface area contributed by atoms with Crippen molar-refractivity contribution in [2.75, 3.05) is 20.1 Å². The number of hydrogen-bond acceptors (Lipinski definition) is 5. The van der Waals surface area contributed by atoms with E-state index in [4.69, 9.17) is 5.73 Å². The van der Waals surface area contributed by atoms with E-state index in [9.17, 15) is 16.8 Å². The van der Waals surface area contributed by atoms with Crippen molar-refractivity contribution in [3.8, 4) is 0 Å². The first-order valence-electron chi connectivity index (χ1n) is 7.77. The maximum atomic E-state index is 12.6. The number of nitrogens with one attached hydrogen (secondary N) is 1. The van der Waals surface area contributed by atoms with Gasteiger partial charge in [0.15, 0.2) is 0 Å². The van der Waals surface area contributed by atoms with Crippen molar-refractivity contribution in [1.82, 2.24) is 9.03 Å². The van der Waals surface area contributed by atoms with E-state index < -0.39 is 20.0 Å². The maximum absolute atomic E-state index is 12.6. The average molecular weight is 376 g/mol. The van der Waals surface area contributed by atoms with Gasteiger partial charge in [-0.25, -0.2) is 25.9 Å². The van der Waals surface area contributed by atoms with E-state index in [1.165, 1.54) is 35.6 Å². The van der Waals surface area contributed by atoms with Gasteiger partial charge in [-0.1, -0.05) is 13.8 Å². The average Bonchev–Trinajstić information content (AvgIpc) is 3.30. The Morgan fingerprint density at radius 1 is 1.12 bits per heavy atom. The summed E-state index contributed by atoms with van der Waals surface area (Å²) in [7, 11) is -5.79. The van der Waals surface area contributed by atoms with Crippen molar-refractivity contribution in [2.24, 2.45) is 11.1 Å². The number of nitrogens with two attached hydrogens (primary N) is 1. The molecular formula is C15H25N3O4S2. The van der Waals surface area contributed by atoms with Crippen LogP contribution < -0.4 is 10.5 Å². The Hall–Kier alpha value is -1.00. The molecule has 1 aromatic rings. The molecule has 7 nitrogen and oxygen atoms in total. The standard InChI is InChI=1S/C15H25N3O4S2/c1-15(2,10-16)11-18(3)24(21,22)14-8-6-13(7-9-14)23(19,20)17-12-4-5-12/h6-9,12,17H,4-5,10-11,16H2,1-3H3. The topological polar surface area (TPSA) is 110 Å². The van der Waals surface area contributed by atoms with Crippen molar-refractivity contribution in [3.63, 3.8) is 0 Å². The Kier molecular flexibility index (Phi) is 5.41. The van der Waals surface area contributed by atoms with Crippen LogP contribution in [-0.2, 0) is 20.0 Å². The number of nitrogens with zero attached hydrogens (tertiary/aromatic N) is 1. The van der Waals surface area contributed by atoms with Gasteiger partial charge in [-0.2, -0.15) is 0 Å². The second-order valence-corrected chi connectivity index (χ2v) is 10.8. The van der Waals surface area contributed by atoms with Gasteiger partial charge in [0.25, 0.3) is 0 Å². The zero-order valence-electron chi connectivity index (χ0n) is 14.2. The number of sulfonamides is 2. The first kappa shape index (κ1) is 19.3. The van der Waals surface area contributed by atoms with Crippen LogP contribution in [0.3, 0.4) is 0 Å². The molecule has 0 unspecified atom stereocenters. The fourth-order valence-corrected chi connectivity index (χ4v) is 4.88. The zero-order valence-corrected chi connectivity index (χ0v) is 15.8. The molecule has 0 saturated heterocycles. The van der Waals surface area contributed by atoms with E-state index in [1.54, 1.807) is 0 Å². The normalized spacial score (nSPS) is 16.5. The smallest absolute Gasteiger partial charge is 0.242 e. The molecule has 0 aromatic heterocycles. The summed E-state index contributed by atoms with van der Waals surface area (Å²) in [6, 6.07) is 5.29. The quantitative estimate of drug-likeness (QED) is 0.696. The molecule has 136 valence electrons. The summed E-state index contributed by atoms with van der Waals surface area (Å²) >= 11 is 0. The predicted molar refractivity (Wildman–Crippen MR) is 92.4 cm³/mol. The molecule has 9 heteroatoms. The molecule has 0 aliphatic heterocycles. The summed E-state index contributed by atoms with van der Waals surface area (Å²) in [4.78, 5) is 0.126. The maximum Gasteiger partial charge on any atom is 0.242 e. The summed E-state index contributed by atoms with van der Waals surface area (Å²) < 4.78 is 53.2. The highest BCUT2D eigenvalue weighted by Crippen LogP contribution is 2.24. The van der Waals surface area contributed by atoms with Crippen LogP contribution in [0.5, 0.6) is 0 Å². The van der Waals surface area contributed by atoms with Crippen LogP contribution in [-0.4, -0.2) is 47.3 Å². The number of benzene rings is 1. The van der Waals surface area contributed by atoms with Crippen molar-refractivity contribution >= 4 is 20.0 Å². The predicted octanol–water partition coefficient (Wildman–Crippen LogP) is 0.733. The monoisotopic (exact) mass is 375 g/mol. The highest BCUT2D eigenvalue weighted by molar-refractivity contribution is 7.89. The largest absolute Gasteiger partial charge is 0.330 e. The molecule has 1 saturated carbocycles. The molecule has 3 N–H and O–H groups in total. The molecule has 24 heavy (non-hydrogen) atoms. The summed E-state index contributed by atoms with van der Waals surface area (Å²) in [5, 5.41) is 0. The summed E-state index contributed by atoms with van der Waals surface area (Å²) in [5.41, 5.74) is 5.31. The van der Waals surface area contributed by atoms with Gasteiger partial charge < -0.3 is 5.73 Å². The Morgan fingerprint density at radius 2 is 1.62 bits per heavy atom. The Morgan fingerprint density at radius 3 is 2.08 bits per heavy atom. The first-order chi connectivity index (χ1) is 11.0. The number of rotatable bonds is 8. The SMILES string of the molecule is CN(CC(C)(C)CN)S(=O)(=O)c1ccc(S(=O)(=O)NC2CC2)cc1. The van der Waals surface area contributed by atoms with Crippen LogP contribution in [0.25, 0.3) is 0 Å². The highest BCUT2D eigenvalue weighted by atomic mass is 32.2. The number of hydrogen-bond donors (Lipinski definition) is 2. The van der Waals surface area contributed by atoms with E-state index in [0.29, 0.717) is 6.54 Å². The van der Waals surface area contributed by atoms with Crippen LogP contribution in [0.2, 0.25) is 0 Å². The fraction of sp³-hybridized carbons (Fsp3) is 0.600. The lowest BCUT2D eigenvalue weighted by atomic mass is 9.94. The molecule has 1 fully saturated rings. The Labute approximate surface area is 144 Å². The molecule has 1 aliphatic carbocycles. The lowest BCUT2D eigenvalue weighted by molar-refractivity contribution is 0.292. The molecule has 0 amide bonds.